The van der Waals surface area contributed by atoms with Crippen LogP contribution in [0.3, 0.4) is 0 Å². The third-order valence-corrected chi connectivity index (χ3v) is 5.79. The maximum Gasteiger partial charge on any atom is 0.287 e. The van der Waals surface area contributed by atoms with E-state index < -0.39 is 5.54 Å². The van der Waals surface area contributed by atoms with Crippen molar-refractivity contribution < 1.29 is 9.59 Å². The van der Waals surface area contributed by atoms with E-state index in [1.54, 1.807) is 18.6 Å². The van der Waals surface area contributed by atoms with Crippen LogP contribution >= 0.6 is 0 Å². The van der Waals surface area contributed by atoms with E-state index in [0.29, 0.717) is 25.3 Å². The van der Waals surface area contributed by atoms with Crippen molar-refractivity contribution in [3.8, 4) is 0 Å². The van der Waals surface area contributed by atoms with Crippen molar-refractivity contribution in [2.75, 3.05) is 19.6 Å². The van der Waals surface area contributed by atoms with E-state index in [0.717, 1.165) is 37.8 Å². The second kappa shape index (κ2) is 8.10. The predicted octanol–water partition coefficient (Wildman–Crippen LogP) is 0.890. The topological polar surface area (TPSA) is 103 Å². The molecule has 2 fully saturated rings. The first-order chi connectivity index (χ1) is 13.7. The Morgan fingerprint density at radius 2 is 2.25 bits per heavy atom. The quantitative estimate of drug-likeness (QED) is 0.689. The first-order valence-corrected chi connectivity index (χ1v) is 9.90. The summed E-state index contributed by atoms with van der Waals surface area (Å²) < 4.78 is 0. The van der Waals surface area contributed by atoms with Crippen molar-refractivity contribution in [3.63, 3.8) is 0 Å². The third-order valence-electron chi connectivity index (χ3n) is 5.79. The van der Waals surface area contributed by atoms with E-state index in [9.17, 15) is 9.59 Å². The van der Waals surface area contributed by atoms with Gasteiger partial charge in [0.05, 0.1) is 0 Å². The van der Waals surface area contributed by atoms with E-state index in [1.165, 1.54) is 0 Å². The summed E-state index contributed by atoms with van der Waals surface area (Å²) in [5, 5.41) is 6.16. The number of pyridine rings is 1. The molecule has 0 radical (unpaired) electrons. The molecule has 2 amide bonds. The minimum Gasteiger partial charge on any atom is -0.354 e. The summed E-state index contributed by atoms with van der Waals surface area (Å²) >= 11 is 0. The van der Waals surface area contributed by atoms with Crippen LogP contribution in [0.1, 0.15) is 41.9 Å². The van der Waals surface area contributed by atoms with Gasteiger partial charge < -0.3 is 15.6 Å². The first kappa shape index (κ1) is 18.6. The number of amides is 2. The van der Waals surface area contributed by atoms with Crippen LogP contribution in [-0.4, -0.2) is 62.9 Å². The van der Waals surface area contributed by atoms with Crippen LogP contribution in [0.25, 0.3) is 0 Å². The Hall–Kier alpha value is -2.74. The average Bonchev–Trinajstić information content (AvgIpc) is 3.37. The fourth-order valence-electron chi connectivity index (χ4n) is 4.45. The molecule has 0 aromatic carbocycles. The zero-order valence-corrected chi connectivity index (χ0v) is 15.9. The molecule has 0 saturated carbocycles. The molecule has 4 heterocycles. The van der Waals surface area contributed by atoms with Crippen LogP contribution in [0, 0.1) is 0 Å². The van der Waals surface area contributed by atoms with Crippen LogP contribution in [0.5, 0.6) is 0 Å². The highest BCUT2D eigenvalue weighted by molar-refractivity contribution is 5.91. The van der Waals surface area contributed by atoms with Gasteiger partial charge in [0, 0.05) is 43.9 Å². The number of hydrogen-bond donors (Lipinski definition) is 3. The van der Waals surface area contributed by atoms with Gasteiger partial charge in [-0.15, -0.1) is 0 Å². The van der Waals surface area contributed by atoms with E-state index in [1.807, 2.05) is 18.3 Å². The number of aromatic amines is 1. The van der Waals surface area contributed by atoms with Gasteiger partial charge in [0.1, 0.15) is 5.54 Å². The maximum atomic E-state index is 13.2. The Morgan fingerprint density at radius 3 is 3.04 bits per heavy atom. The number of nitrogens with zero attached hydrogens (tertiary/aromatic N) is 3. The number of carbonyl (C=O) groups excluding carboxylic acids is 2. The third kappa shape index (κ3) is 3.77. The molecule has 8 nitrogen and oxygen atoms in total. The molecule has 2 aromatic heterocycles. The summed E-state index contributed by atoms with van der Waals surface area (Å²) in [4.78, 5) is 38.7. The van der Waals surface area contributed by atoms with Crippen LogP contribution in [0.15, 0.2) is 36.9 Å². The molecular weight excluding hydrogens is 356 g/mol. The number of piperidine rings is 1. The van der Waals surface area contributed by atoms with Crippen LogP contribution < -0.4 is 10.6 Å². The maximum absolute atomic E-state index is 13.2. The Kier molecular flexibility index (Phi) is 5.38. The van der Waals surface area contributed by atoms with Crippen LogP contribution in [-0.2, 0) is 11.2 Å². The molecule has 8 heteroatoms. The molecule has 0 bridgehead atoms. The first-order valence-electron chi connectivity index (χ1n) is 9.90. The minimum atomic E-state index is -0.520. The van der Waals surface area contributed by atoms with Crippen molar-refractivity contribution in [3.05, 3.63) is 48.3 Å². The SMILES string of the molecule is O=C(N[C@@H]1CN2CCCC[C@@]2(C(=O)NCCc2cccnc2)C1)c1ncc[nH]1. The highest BCUT2D eigenvalue weighted by atomic mass is 16.2. The standard InChI is InChI=1S/C20H26N6O2/c27-18(17-22-9-10-23-17)25-16-12-20(6-1-2-11-26(20)14-16)19(28)24-8-5-15-4-3-7-21-13-15/h3-4,7,9-10,13,16H,1-2,5-6,8,11-12,14H2,(H,22,23)(H,24,28)(H,25,27)/t16-,20-/m0/s1. The number of hydrogen-bond acceptors (Lipinski definition) is 5. The van der Waals surface area contributed by atoms with Gasteiger partial charge in [0.2, 0.25) is 5.91 Å². The summed E-state index contributed by atoms with van der Waals surface area (Å²) in [6.45, 7) is 2.18. The number of nitrogens with one attached hydrogen (secondary N) is 3. The van der Waals surface area contributed by atoms with Crippen molar-refractivity contribution in [1.29, 1.82) is 0 Å². The van der Waals surface area contributed by atoms with Gasteiger partial charge in [0.15, 0.2) is 5.82 Å². The molecular formula is C20H26N6O2. The van der Waals surface area contributed by atoms with E-state index >= 15 is 0 Å². The lowest BCUT2D eigenvalue weighted by molar-refractivity contribution is -0.133. The van der Waals surface area contributed by atoms with Crippen molar-refractivity contribution in [1.82, 2.24) is 30.5 Å². The molecule has 2 atom stereocenters. The Labute approximate surface area is 164 Å². The number of H-pyrrole nitrogens is 1. The number of rotatable bonds is 6. The van der Waals surface area contributed by atoms with Gasteiger partial charge in [-0.2, -0.15) is 0 Å². The zero-order valence-electron chi connectivity index (χ0n) is 15.9. The molecule has 0 unspecified atom stereocenters. The van der Waals surface area contributed by atoms with E-state index in [4.69, 9.17) is 0 Å². The molecule has 2 aliphatic heterocycles. The number of aromatic nitrogens is 3. The lowest BCUT2D eigenvalue weighted by Gasteiger charge is -2.40. The fraction of sp³-hybridized carbons (Fsp3) is 0.500. The van der Waals surface area contributed by atoms with Gasteiger partial charge >= 0.3 is 0 Å². The second-order valence-corrected chi connectivity index (χ2v) is 7.61. The number of fused-ring (bicyclic) bond motifs is 1. The van der Waals surface area contributed by atoms with E-state index in [2.05, 4.69) is 30.5 Å². The van der Waals surface area contributed by atoms with Gasteiger partial charge in [-0.25, -0.2) is 4.98 Å². The Balaban J connectivity index is 1.38. The number of imidazole rings is 1. The van der Waals surface area contributed by atoms with Crippen molar-refractivity contribution >= 4 is 11.8 Å². The Bertz CT molecular complexity index is 809. The summed E-state index contributed by atoms with van der Waals surface area (Å²) in [6.07, 6.45) is 11.1. The fourth-order valence-corrected chi connectivity index (χ4v) is 4.45. The molecule has 3 N–H and O–H groups in total. The average molecular weight is 382 g/mol. The monoisotopic (exact) mass is 382 g/mol. The zero-order chi connectivity index (χ0) is 19.4. The molecule has 0 spiro atoms. The summed E-state index contributed by atoms with van der Waals surface area (Å²) in [5.41, 5.74) is 0.588. The summed E-state index contributed by atoms with van der Waals surface area (Å²) in [5.74, 6) is 0.160. The highest BCUT2D eigenvalue weighted by Crippen LogP contribution is 2.38. The van der Waals surface area contributed by atoms with Crippen molar-refractivity contribution in [2.45, 2.75) is 43.7 Å². The van der Waals surface area contributed by atoms with Crippen molar-refractivity contribution in [2.24, 2.45) is 0 Å². The van der Waals surface area contributed by atoms with Crippen LogP contribution in [0.2, 0.25) is 0 Å². The highest BCUT2D eigenvalue weighted by Gasteiger charge is 2.52. The summed E-state index contributed by atoms with van der Waals surface area (Å²) in [7, 11) is 0. The molecule has 2 aliphatic rings. The lowest BCUT2D eigenvalue weighted by Crippen LogP contribution is -2.57. The summed E-state index contributed by atoms with van der Waals surface area (Å²) in [6, 6.07) is 3.86. The van der Waals surface area contributed by atoms with Gasteiger partial charge in [-0.3, -0.25) is 19.5 Å². The predicted molar refractivity (Wildman–Crippen MR) is 104 cm³/mol. The molecule has 148 valence electrons. The smallest absolute Gasteiger partial charge is 0.287 e. The normalized spacial score (nSPS) is 24.5. The largest absolute Gasteiger partial charge is 0.354 e. The molecule has 2 saturated heterocycles. The van der Waals surface area contributed by atoms with Crippen LogP contribution in [0.4, 0.5) is 0 Å². The minimum absolute atomic E-state index is 0.0558. The molecule has 0 aliphatic carbocycles. The lowest BCUT2D eigenvalue weighted by atomic mass is 9.84. The number of carbonyl (C=O) groups is 2. The van der Waals surface area contributed by atoms with E-state index in [-0.39, 0.29) is 17.9 Å². The van der Waals surface area contributed by atoms with Gasteiger partial charge in [0.25, 0.3) is 5.91 Å². The van der Waals surface area contributed by atoms with Gasteiger partial charge in [-0.1, -0.05) is 6.07 Å². The Morgan fingerprint density at radius 1 is 1.32 bits per heavy atom. The molecule has 4 rings (SSSR count). The molecule has 2 aromatic rings. The second-order valence-electron chi connectivity index (χ2n) is 7.61. The van der Waals surface area contributed by atoms with Gasteiger partial charge in [-0.05, 0) is 50.3 Å². The molecule has 28 heavy (non-hydrogen) atoms.